The summed E-state index contributed by atoms with van der Waals surface area (Å²) >= 11 is 0. The number of carbonyl (C=O) groups is 1. The third-order valence-electron chi connectivity index (χ3n) is 2.30. The maximum atomic E-state index is 10.9. The SMILES string of the molecule is CC[C@@H](C(=O)O)N(C)c1ccccc1. The van der Waals surface area contributed by atoms with E-state index in [0.29, 0.717) is 6.42 Å². The maximum absolute atomic E-state index is 10.9. The minimum Gasteiger partial charge on any atom is -0.480 e. The lowest BCUT2D eigenvalue weighted by molar-refractivity contribution is -0.138. The standard InChI is InChI=1S/C11H15NO2/c1-3-10(11(13)14)12(2)9-7-5-4-6-8-9/h4-8,10H,3H2,1-2H3,(H,13,14)/t10-/m0/s1. The first-order chi connectivity index (χ1) is 6.66. The minimum absolute atomic E-state index is 0.447. The molecule has 0 aliphatic heterocycles. The molecule has 0 spiro atoms. The van der Waals surface area contributed by atoms with E-state index in [0.717, 1.165) is 5.69 Å². The van der Waals surface area contributed by atoms with Crippen LogP contribution in [0.1, 0.15) is 13.3 Å². The third-order valence-corrected chi connectivity index (χ3v) is 2.30. The number of carboxylic acid groups (broad SMARTS) is 1. The van der Waals surface area contributed by atoms with Crippen molar-refractivity contribution in [1.29, 1.82) is 0 Å². The van der Waals surface area contributed by atoms with E-state index in [-0.39, 0.29) is 0 Å². The Kier molecular flexibility index (Phi) is 3.51. The van der Waals surface area contributed by atoms with Crippen molar-refractivity contribution in [1.82, 2.24) is 0 Å². The second-order valence-corrected chi connectivity index (χ2v) is 3.21. The molecular formula is C11H15NO2. The third kappa shape index (κ3) is 2.25. The lowest BCUT2D eigenvalue weighted by Crippen LogP contribution is -2.37. The van der Waals surface area contributed by atoms with Crippen LogP contribution in [0.3, 0.4) is 0 Å². The van der Waals surface area contributed by atoms with Crippen LogP contribution in [0, 0.1) is 0 Å². The summed E-state index contributed by atoms with van der Waals surface area (Å²) in [5.74, 6) is -0.779. The number of para-hydroxylation sites is 1. The molecule has 0 saturated carbocycles. The quantitative estimate of drug-likeness (QED) is 0.795. The predicted octanol–water partition coefficient (Wildman–Crippen LogP) is 1.99. The zero-order valence-electron chi connectivity index (χ0n) is 8.47. The molecule has 0 aromatic heterocycles. The topological polar surface area (TPSA) is 40.5 Å². The molecule has 76 valence electrons. The van der Waals surface area contributed by atoms with E-state index in [1.165, 1.54) is 0 Å². The highest BCUT2D eigenvalue weighted by molar-refractivity contribution is 5.77. The van der Waals surface area contributed by atoms with Crippen LogP contribution in [-0.2, 0) is 4.79 Å². The van der Waals surface area contributed by atoms with Crippen molar-refractivity contribution in [2.75, 3.05) is 11.9 Å². The van der Waals surface area contributed by atoms with Gasteiger partial charge in [0.2, 0.25) is 0 Å². The van der Waals surface area contributed by atoms with Gasteiger partial charge in [0.1, 0.15) is 6.04 Å². The zero-order valence-corrected chi connectivity index (χ0v) is 8.47. The van der Waals surface area contributed by atoms with Crippen LogP contribution < -0.4 is 4.90 Å². The molecule has 0 aliphatic rings. The summed E-state index contributed by atoms with van der Waals surface area (Å²) in [7, 11) is 1.80. The van der Waals surface area contributed by atoms with Gasteiger partial charge < -0.3 is 10.0 Å². The molecule has 3 nitrogen and oxygen atoms in total. The molecular weight excluding hydrogens is 178 g/mol. The van der Waals surface area contributed by atoms with Crippen molar-refractivity contribution in [3.8, 4) is 0 Å². The molecule has 14 heavy (non-hydrogen) atoms. The summed E-state index contributed by atoms with van der Waals surface area (Å²) in [4.78, 5) is 12.7. The van der Waals surface area contributed by atoms with E-state index in [4.69, 9.17) is 5.11 Å². The lowest BCUT2D eigenvalue weighted by Gasteiger charge is -2.25. The number of anilines is 1. The summed E-state index contributed by atoms with van der Waals surface area (Å²) in [6, 6.07) is 9.09. The summed E-state index contributed by atoms with van der Waals surface area (Å²) in [6.07, 6.45) is 0.598. The Bertz CT molecular complexity index is 297. The maximum Gasteiger partial charge on any atom is 0.326 e. The monoisotopic (exact) mass is 193 g/mol. The summed E-state index contributed by atoms with van der Waals surface area (Å²) in [5.41, 5.74) is 0.932. The van der Waals surface area contributed by atoms with Crippen molar-refractivity contribution < 1.29 is 9.90 Å². The van der Waals surface area contributed by atoms with E-state index in [1.807, 2.05) is 37.3 Å². The van der Waals surface area contributed by atoms with E-state index in [9.17, 15) is 4.79 Å². The highest BCUT2D eigenvalue weighted by Gasteiger charge is 2.20. The van der Waals surface area contributed by atoms with Gasteiger partial charge in [0.25, 0.3) is 0 Å². The van der Waals surface area contributed by atoms with E-state index in [1.54, 1.807) is 11.9 Å². The predicted molar refractivity (Wildman–Crippen MR) is 56.6 cm³/mol. The van der Waals surface area contributed by atoms with Gasteiger partial charge in [-0.15, -0.1) is 0 Å². The minimum atomic E-state index is -0.779. The molecule has 0 saturated heterocycles. The van der Waals surface area contributed by atoms with E-state index >= 15 is 0 Å². The Morgan fingerprint density at radius 3 is 2.43 bits per heavy atom. The number of hydrogen-bond acceptors (Lipinski definition) is 2. The fourth-order valence-corrected chi connectivity index (χ4v) is 1.46. The van der Waals surface area contributed by atoms with Crippen LogP contribution in [0.5, 0.6) is 0 Å². The van der Waals surface area contributed by atoms with Gasteiger partial charge >= 0.3 is 5.97 Å². The molecule has 1 aromatic carbocycles. The average Bonchev–Trinajstić information content (AvgIpc) is 2.19. The van der Waals surface area contributed by atoms with Gasteiger partial charge in [0, 0.05) is 12.7 Å². The first-order valence-electron chi connectivity index (χ1n) is 4.67. The Hall–Kier alpha value is -1.51. The molecule has 0 unspecified atom stereocenters. The molecule has 1 N–H and O–H groups in total. The number of rotatable bonds is 4. The van der Waals surface area contributed by atoms with Crippen LogP contribution in [0.4, 0.5) is 5.69 Å². The molecule has 1 aromatic rings. The van der Waals surface area contributed by atoms with Gasteiger partial charge in [-0.1, -0.05) is 25.1 Å². The molecule has 0 bridgehead atoms. The van der Waals surface area contributed by atoms with Gasteiger partial charge in [-0.05, 0) is 18.6 Å². The summed E-state index contributed by atoms with van der Waals surface area (Å²) in [5, 5.41) is 8.96. The van der Waals surface area contributed by atoms with E-state index in [2.05, 4.69) is 0 Å². The van der Waals surface area contributed by atoms with Crippen LogP contribution in [0.25, 0.3) is 0 Å². The first-order valence-corrected chi connectivity index (χ1v) is 4.67. The zero-order chi connectivity index (χ0) is 10.6. The van der Waals surface area contributed by atoms with Crippen LogP contribution in [0.2, 0.25) is 0 Å². The van der Waals surface area contributed by atoms with Crippen molar-refractivity contribution in [2.45, 2.75) is 19.4 Å². The molecule has 0 radical (unpaired) electrons. The molecule has 1 atom stereocenters. The molecule has 0 heterocycles. The van der Waals surface area contributed by atoms with Crippen molar-refractivity contribution in [3.63, 3.8) is 0 Å². The second kappa shape index (κ2) is 4.65. The van der Waals surface area contributed by atoms with Gasteiger partial charge in [0.15, 0.2) is 0 Å². The Labute approximate surface area is 84.0 Å². The van der Waals surface area contributed by atoms with Crippen LogP contribution >= 0.6 is 0 Å². The number of likely N-dealkylation sites (N-methyl/N-ethyl adjacent to an activating group) is 1. The van der Waals surface area contributed by atoms with Gasteiger partial charge in [-0.3, -0.25) is 0 Å². The summed E-state index contributed by atoms with van der Waals surface area (Å²) < 4.78 is 0. The van der Waals surface area contributed by atoms with Gasteiger partial charge in [-0.25, -0.2) is 4.79 Å². The number of benzene rings is 1. The largest absolute Gasteiger partial charge is 0.480 e. The second-order valence-electron chi connectivity index (χ2n) is 3.21. The molecule has 3 heteroatoms. The lowest BCUT2D eigenvalue weighted by atomic mass is 10.2. The average molecular weight is 193 g/mol. The molecule has 0 aliphatic carbocycles. The fourth-order valence-electron chi connectivity index (χ4n) is 1.46. The normalized spacial score (nSPS) is 12.1. The van der Waals surface area contributed by atoms with Crippen LogP contribution in [-0.4, -0.2) is 24.2 Å². The highest BCUT2D eigenvalue weighted by Crippen LogP contribution is 2.15. The Balaban J connectivity index is 2.83. The van der Waals surface area contributed by atoms with Crippen LogP contribution in [0.15, 0.2) is 30.3 Å². The highest BCUT2D eigenvalue weighted by atomic mass is 16.4. The smallest absolute Gasteiger partial charge is 0.326 e. The molecule has 0 amide bonds. The Morgan fingerprint density at radius 1 is 1.43 bits per heavy atom. The first kappa shape index (κ1) is 10.6. The number of aliphatic carboxylic acids is 1. The number of carboxylic acids is 1. The Morgan fingerprint density at radius 2 is 2.00 bits per heavy atom. The molecule has 1 rings (SSSR count). The fraction of sp³-hybridized carbons (Fsp3) is 0.364. The molecule has 0 fully saturated rings. The van der Waals surface area contributed by atoms with Gasteiger partial charge in [-0.2, -0.15) is 0 Å². The van der Waals surface area contributed by atoms with Crippen molar-refractivity contribution in [2.24, 2.45) is 0 Å². The van der Waals surface area contributed by atoms with Gasteiger partial charge in [0.05, 0.1) is 0 Å². The van der Waals surface area contributed by atoms with E-state index < -0.39 is 12.0 Å². The summed E-state index contributed by atoms with van der Waals surface area (Å²) in [6.45, 7) is 1.87. The number of hydrogen-bond donors (Lipinski definition) is 1. The number of nitrogens with zero attached hydrogens (tertiary/aromatic N) is 1. The van der Waals surface area contributed by atoms with Crippen molar-refractivity contribution >= 4 is 11.7 Å². The van der Waals surface area contributed by atoms with Crippen molar-refractivity contribution in [3.05, 3.63) is 30.3 Å².